The first-order valence-electron chi connectivity index (χ1n) is 8.66. The lowest BCUT2D eigenvalue weighted by molar-refractivity contribution is 0.299. The quantitative estimate of drug-likeness (QED) is 0.763. The summed E-state index contributed by atoms with van der Waals surface area (Å²) in [5.74, 6) is 0.645. The predicted octanol–water partition coefficient (Wildman–Crippen LogP) is 1.69. The van der Waals surface area contributed by atoms with E-state index in [2.05, 4.69) is 31.7 Å². The number of likely N-dealkylation sites (tertiary alicyclic amines) is 1. The lowest BCUT2D eigenvalue weighted by Crippen LogP contribution is -2.23. The van der Waals surface area contributed by atoms with E-state index in [1.807, 2.05) is 16.9 Å². The van der Waals surface area contributed by atoms with Gasteiger partial charge in [-0.3, -0.25) is 4.90 Å². The van der Waals surface area contributed by atoms with Crippen LogP contribution in [0.15, 0.2) is 24.4 Å². The summed E-state index contributed by atoms with van der Waals surface area (Å²) in [7, 11) is 0. The van der Waals surface area contributed by atoms with E-state index >= 15 is 0 Å². The Kier molecular flexibility index (Phi) is 4.22. The lowest BCUT2D eigenvalue weighted by atomic mass is 10.3. The van der Waals surface area contributed by atoms with Gasteiger partial charge in [0.1, 0.15) is 11.3 Å². The second-order valence-corrected chi connectivity index (χ2v) is 6.45. The van der Waals surface area contributed by atoms with Crippen molar-refractivity contribution in [2.24, 2.45) is 5.73 Å². The SMILES string of the molecule is CCn1c(CN2CCC(n3cc(CN)nn3)C2)nc2c(F)cccc21. The summed E-state index contributed by atoms with van der Waals surface area (Å²) >= 11 is 0. The molecule has 8 heteroatoms. The van der Waals surface area contributed by atoms with E-state index in [-0.39, 0.29) is 5.82 Å². The molecule has 0 amide bonds. The van der Waals surface area contributed by atoms with Crippen LogP contribution in [-0.2, 0) is 19.6 Å². The summed E-state index contributed by atoms with van der Waals surface area (Å²) in [6.45, 7) is 5.78. The van der Waals surface area contributed by atoms with Crippen LogP contribution in [0.3, 0.4) is 0 Å². The largest absolute Gasteiger partial charge is 0.327 e. The zero-order valence-corrected chi connectivity index (χ0v) is 14.3. The van der Waals surface area contributed by atoms with E-state index in [1.54, 1.807) is 6.07 Å². The fourth-order valence-corrected chi connectivity index (χ4v) is 3.59. The fraction of sp³-hybridized carbons (Fsp3) is 0.471. The molecule has 0 saturated carbocycles. The zero-order chi connectivity index (χ0) is 17.4. The topological polar surface area (TPSA) is 77.8 Å². The van der Waals surface area contributed by atoms with Crippen molar-refractivity contribution in [3.63, 3.8) is 0 Å². The highest BCUT2D eigenvalue weighted by Crippen LogP contribution is 2.25. The van der Waals surface area contributed by atoms with Crippen molar-refractivity contribution in [3.8, 4) is 0 Å². The van der Waals surface area contributed by atoms with Gasteiger partial charge in [0.25, 0.3) is 0 Å². The van der Waals surface area contributed by atoms with Crippen LogP contribution < -0.4 is 5.73 Å². The number of nitrogens with two attached hydrogens (primary N) is 1. The molecule has 0 aliphatic carbocycles. The molecule has 1 atom stereocenters. The number of hydrogen-bond donors (Lipinski definition) is 1. The van der Waals surface area contributed by atoms with Crippen LogP contribution in [0.5, 0.6) is 0 Å². The third-order valence-corrected chi connectivity index (χ3v) is 4.88. The molecule has 0 spiro atoms. The second kappa shape index (κ2) is 6.53. The molecule has 3 heterocycles. The molecule has 1 unspecified atom stereocenters. The Hall–Kier alpha value is -2.32. The molecule has 2 N–H and O–H groups in total. The Morgan fingerprint density at radius 3 is 3.00 bits per heavy atom. The van der Waals surface area contributed by atoms with Gasteiger partial charge in [-0.25, -0.2) is 14.1 Å². The maximum Gasteiger partial charge on any atom is 0.151 e. The van der Waals surface area contributed by atoms with Crippen LogP contribution in [0.2, 0.25) is 0 Å². The minimum atomic E-state index is -0.262. The summed E-state index contributed by atoms with van der Waals surface area (Å²) in [6, 6.07) is 5.42. The second-order valence-electron chi connectivity index (χ2n) is 6.45. The van der Waals surface area contributed by atoms with Gasteiger partial charge in [-0.1, -0.05) is 11.3 Å². The Morgan fingerprint density at radius 1 is 1.36 bits per heavy atom. The first kappa shape index (κ1) is 16.2. The van der Waals surface area contributed by atoms with Gasteiger partial charge in [0, 0.05) is 26.2 Å². The van der Waals surface area contributed by atoms with Gasteiger partial charge in [0.05, 0.1) is 30.0 Å². The first-order chi connectivity index (χ1) is 12.2. The highest BCUT2D eigenvalue weighted by Gasteiger charge is 2.26. The van der Waals surface area contributed by atoms with Crippen molar-refractivity contribution >= 4 is 11.0 Å². The standard InChI is InChI=1S/C17H22FN7/c1-2-24-15-5-3-4-14(18)17(15)20-16(24)11-23-7-6-13(10-23)25-9-12(8-19)21-22-25/h3-5,9,13H,2,6-8,10-11,19H2,1H3. The fourth-order valence-electron chi connectivity index (χ4n) is 3.59. The van der Waals surface area contributed by atoms with Crippen molar-refractivity contribution < 1.29 is 4.39 Å². The Balaban J connectivity index is 1.53. The Bertz CT molecular complexity index is 884. The maximum atomic E-state index is 14.0. The molecular weight excluding hydrogens is 321 g/mol. The third kappa shape index (κ3) is 2.91. The number of fused-ring (bicyclic) bond motifs is 1. The van der Waals surface area contributed by atoms with Crippen molar-refractivity contribution in [2.45, 2.75) is 39.0 Å². The number of halogens is 1. The molecule has 1 aliphatic rings. The number of aryl methyl sites for hydroxylation is 1. The molecule has 25 heavy (non-hydrogen) atoms. The van der Waals surface area contributed by atoms with Crippen LogP contribution in [0.4, 0.5) is 4.39 Å². The van der Waals surface area contributed by atoms with Gasteiger partial charge in [-0.05, 0) is 25.5 Å². The van der Waals surface area contributed by atoms with E-state index in [9.17, 15) is 4.39 Å². The first-order valence-corrected chi connectivity index (χ1v) is 8.66. The number of rotatable bonds is 5. The van der Waals surface area contributed by atoms with E-state index in [1.165, 1.54) is 6.07 Å². The van der Waals surface area contributed by atoms with Gasteiger partial charge >= 0.3 is 0 Å². The number of nitrogens with zero attached hydrogens (tertiary/aromatic N) is 6. The summed E-state index contributed by atoms with van der Waals surface area (Å²) in [4.78, 5) is 6.89. The van der Waals surface area contributed by atoms with Crippen molar-refractivity contribution in [3.05, 3.63) is 41.7 Å². The summed E-state index contributed by atoms with van der Waals surface area (Å²) < 4.78 is 18.0. The Labute approximate surface area is 145 Å². The minimum Gasteiger partial charge on any atom is -0.327 e. The van der Waals surface area contributed by atoms with Crippen LogP contribution >= 0.6 is 0 Å². The van der Waals surface area contributed by atoms with Gasteiger partial charge in [-0.2, -0.15) is 0 Å². The average Bonchev–Trinajstić information content (AvgIpc) is 3.33. The van der Waals surface area contributed by atoms with E-state index in [0.717, 1.165) is 43.1 Å². The molecule has 3 aromatic rings. The van der Waals surface area contributed by atoms with Crippen LogP contribution in [0.25, 0.3) is 11.0 Å². The number of imidazole rings is 1. The highest BCUT2D eigenvalue weighted by atomic mass is 19.1. The maximum absolute atomic E-state index is 14.0. The third-order valence-electron chi connectivity index (χ3n) is 4.88. The molecule has 0 bridgehead atoms. The molecule has 1 saturated heterocycles. The van der Waals surface area contributed by atoms with Crippen LogP contribution in [-0.4, -0.2) is 42.5 Å². The van der Waals surface area contributed by atoms with Crippen molar-refractivity contribution in [1.29, 1.82) is 0 Å². The van der Waals surface area contributed by atoms with Crippen molar-refractivity contribution in [2.75, 3.05) is 13.1 Å². The molecule has 7 nitrogen and oxygen atoms in total. The molecule has 2 aromatic heterocycles. The lowest BCUT2D eigenvalue weighted by Gasteiger charge is -2.16. The monoisotopic (exact) mass is 343 g/mol. The molecule has 4 rings (SSSR count). The predicted molar refractivity (Wildman–Crippen MR) is 92.2 cm³/mol. The molecule has 132 valence electrons. The number of para-hydroxylation sites is 1. The molecular formula is C17H22FN7. The van der Waals surface area contributed by atoms with Crippen molar-refractivity contribution in [1.82, 2.24) is 29.4 Å². The van der Waals surface area contributed by atoms with Gasteiger partial charge in [0.15, 0.2) is 5.82 Å². The highest BCUT2D eigenvalue weighted by molar-refractivity contribution is 5.76. The van der Waals surface area contributed by atoms with Crippen LogP contribution in [0.1, 0.15) is 30.9 Å². The van der Waals surface area contributed by atoms with E-state index in [0.29, 0.717) is 24.6 Å². The Morgan fingerprint density at radius 2 is 2.24 bits per heavy atom. The zero-order valence-electron chi connectivity index (χ0n) is 14.3. The van der Waals surface area contributed by atoms with Crippen LogP contribution in [0, 0.1) is 5.82 Å². The summed E-state index contributed by atoms with van der Waals surface area (Å²) in [5, 5.41) is 8.25. The number of hydrogen-bond acceptors (Lipinski definition) is 5. The molecule has 1 aliphatic heterocycles. The van der Waals surface area contributed by atoms with Gasteiger partial charge in [0.2, 0.25) is 0 Å². The molecule has 1 aromatic carbocycles. The van der Waals surface area contributed by atoms with Gasteiger partial charge in [-0.15, -0.1) is 5.10 Å². The summed E-state index contributed by atoms with van der Waals surface area (Å²) in [5.41, 5.74) is 7.73. The molecule has 1 fully saturated rings. The average molecular weight is 343 g/mol. The number of benzene rings is 1. The minimum absolute atomic E-state index is 0.262. The van der Waals surface area contributed by atoms with Gasteiger partial charge < -0.3 is 10.3 Å². The van der Waals surface area contributed by atoms with E-state index in [4.69, 9.17) is 5.73 Å². The molecule has 0 radical (unpaired) electrons. The summed E-state index contributed by atoms with van der Waals surface area (Å²) in [6.07, 6.45) is 2.93. The smallest absolute Gasteiger partial charge is 0.151 e. The normalized spacial score (nSPS) is 18.4. The number of aromatic nitrogens is 5. The van der Waals surface area contributed by atoms with E-state index < -0.39 is 0 Å².